The van der Waals surface area contributed by atoms with Gasteiger partial charge >= 0.3 is 11.9 Å². The Bertz CT molecular complexity index is 844. The van der Waals surface area contributed by atoms with Crippen LogP contribution in [-0.2, 0) is 32.3 Å². The minimum absolute atomic E-state index is 0.0719. The van der Waals surface area contributed by atoms with Crippen LogP contribution in [0.3, 0.4) is 0 Å². The number of carbonyl (C=O) groups excluding carboxylic acids is 2. The summed E-state index contributed by atoms with van der Waals surface area (Å²) in [7, 11) is 0. The number of nitrogens with zero attached hydrogens (tertiary/aromatic N) is 2. The first-order valence-electron chi connectivity index (χ1n) is 7.61. The minimum atomic E-state index is -0.730. The molecule has 2 rings (SSSR count). The van der Waals surface area contributed by atoms with Crippen LogP contribution < -0.4 is 0 Å². The Morgan fingerprint density at radius 3 is 1.54 bits per heavy atom. The molecule has 0 N–H and O–H groups in total. The summed E-state index contributed by atoms with van der Waals surface area (Å²) >= 11 is 0. The quantitative estimate of drug-likeness (QED) is 0.589. The molecule has 128 valence electrons. The van der Waals surface area contributed by atoms with Crippen LogP contribution in [0.1, 0.15) is 22.3 Å². The van der Waals surface area contributed by atoms with Gasteiger partial charge in [-0.2, -0.15) is 10.5 Å². The van der Waals surface area contributed by atoms with Gasteiger partial charge in [0, 0.05) is 23.3 Å². The second-order valence-corrected chi connectivity index (χ2v) is 5.09. The van der Waals surface area contributed by atoms with Crippen molar-refractivity contribution < 1.29 is 19.1 Å². The molecule has 6 nitrogen and oxygen atoms in total. The maximum absolute atomic E-state index is 11.7. The highest BCUT2D eigenvalue weighted by Gasteiger charge is 2.06. The standard InChI is InChI=1S/C20H14N2O4/c21-11-15-5-1-3-7-17(15)13-25-19(23)9-10-20(24)26-14-18-8-4-2-6-16(18)12-22/h1-10H,13-14H2/b10-9+. The Morgan fingerprint density at radius 1 is 0.769 bits per heavy atom. The zero-order chi connectivity index (χ0) is 18.8. The predicted molar refractivity (Wildman–Crippen MR) is 91.0 cm³/mol. The van der Waals surface area contributed by atoms with Crippen molar-refractivity contribution in [2.24, 2.45) is 0 Å². The van der Waals surface area contributed by atoms with Gasteiger partial charge in [-0.15, -0.1) is 0 Å². The maximum atomic E-state index is 11.7. The van der Waals surface area contributed by atoms with Crippen LogP contribution in [-0.4, -0.2) is 11.9 Å². The molecule has 0 saturated heterocycles. The van der Waals surface area contributed by atoms with Gasteiger partial charge in [0.15, 0.2) is 0 Å². The molecule has 0 bridgehead atoms. The summed E-state index contributed by atoms with van der Waals surface area (Å²) < 4.78 is 9.99. The van der Waals surface area contributed by atoms with Crippen LogP contribution in [0.15, 0.2) is 60.7 Å². The van der Waals surface area contributed by atoms with E-state index in [0.29, 0.717) is 22.3 Å². The van der Waals surface area contributed by atoms with Gasteiger partial charge in [0.2, 0.25) is 0 Å². The molecule has 0 aliphatic rings. The van der Waals surface area contributed by atoms with E-state index < -0.39 is 11.9 Å². The van der Waals surface area contributed by atoms with Crippen molar-refractivity contribution in [1.82, 2.24) is 0 Å². The van der Waals surface area contributed by atoms with Crippen molar-refractivity contribution in [1.29, 1.82) is 10.5 Å². The second-order valence-electron chi connectivity index (χ2n) is 5.09. The first kappa shape index (κ1) is 18.4. The van der Waals surface area contributed by atoms with Gasteiger partial charge in [-0.3, -0.25) is 0 Å². The van der Waals surface area contributed by atoms with E-state index in [1.165, 1.54) is 0 Å². The average molecular weight is 346 g/mol. The Hall–Kier alpha value is -3.90. The van der Waals surface area contributed by atoms with Crippen molar-refractivity contribution >= 4 is 11.9 Å². The van der Waals surface area contributed by atoms with Crippen molar-refractivity contribution in [3.63, 3.8) is 0 Å². The first-order chi connectivity index (χ1) is 12.6. The Labute approximate surface area is 150 Å². The summed E-state index contributed by atoms with van der Waals surface area (Å²) in [5.41, 5.74) is 1.99. The van der Waals surface area contributed by atoms with Gasteiger partial charge < -0.3 is 9.47 Å². The molecule has 0 spiro atoms. The Morgan fingerprint density at radius 2 is 1.15 bits per heavy atom. The summed E-state index contributed by atoms with van der Waals surface area (Å²) in [5, 5.41) is 17.9. The number of hydrogen-bond donors (Lipinski definition) is 0. The van der Waals surface area contributed by atoms with E-state index >= 15 is 0 Å². The normalized spacial score (nSPS) is 9.92. The molecule has 0 aliphatic carbocycles. The molecule has 2 aromatic rings. The van der Waals surface area contributed by atoms with E-state index in [2.05, 4.69) is 0 Å². The second kappa shape index (κ2) is 9.41. The topological polar surface area (TPSA) is 100 Å². The SMILES string of the molecule is N#Cc1ccccc1COC(=O)/C=C/C(=O)OCc1ccccc1C#N. The largest absolute Gasteiger partial charge is 0.458 e. The van der Waals surface area contributed by atoms with Gasteiger partial charge in [-0.25, -0.2) is 9.59 Å². The molecule has 0 unspecified atom stereocenters. The fraction of sp³-hybridized carbons (Fsp3) is 0.100. The van der Waals surface area contributed by atoms with Gasteiger partial charge in [-0.1, -0.05) is 36.4 Å². The molecular formula is C20H14N2O4. The molecule has 26 heavy (non-hydrogen) atoms. The zero-order valence-electron chi connectivity index (χ0n) is 13.7. The third kappa shape index (κ3) is 5.33. The van der Waals surface area contributed by atoms with E-state index in [0.717, 1.165) is 12.2 Å². The van der Waals surface area contributed by atoms with Crippen LogP contribution in [0.5, 0.6) is 0 Å². The van der Waals surface area contributed by atoms with Gasteiger partial charge in [0.1, 0.15) is 13.2 Å². The molecule has 0 aliphatic heterocycles. The molecule has 0 heterocycles. The van der Waals surface area contributed by atoms with Crippen LogP contribution in [0.4, 0.5) is 0 Å². The summed E-state index contributed by atoms with van der Waals surface area (Å²) in [4.78, 5) is 23.3. The lowest BCUT2D eigenvalue weighted by Gasteiger charge is -2.05. The first-order valence-corrected chi connectivity index (χ1v) is 7.61. The third-order valence-corrected chi connectivity index (χ3v) is 3.37. The van der Waals surface area contributed by atoms with E-state index in [9.17, 15) is 9.59 Å². The number of nitriles is 2. The lowest BCUT2D eigenvalue weighted by molar-refractivity contribution is -0.141. The lowest BCUT2D eigenvalue weighted by atomic mass is 10.1. The number of benzene rings is 2. The molecule has 6 heteroatoms. The molecule has 2 aromatic carbocycles. The van der Waals surface area contributed by atoms with Crippen molar-refractivity contribution in [2.75, 3.05) is 0 Å². The van der Waals surface area contributed by atoms with Crippen LogP contribution >= 0.6 is 0 Å². The van der Waals surface area contributed by atoms with Crippen LogP contribution in [0.25, 0.3) is 0 Å². The highest BCUT2D eigenvalue weighted by Crippen LogP contribution is 2.10. The smallest absolute Gasteiger partial charge is 0.331 e. The Kier molecular flexibility index (Phi) is 6.67. The average Bonchev–Trinajstić information content (AvgIpc) is 2.69. The molecule has 0 radical (unpaired) electrons. The van der Waals surface area contributed by atoms with E-state index in [1.54, 1.807) is 48.5 Å². The molecule has 0 atom stereocenters. The molecular weight excluding hydrogens is 332 g/mol. The fourth-order valence-corrected chi connectivity index (χ4v) is 2.04. The molecule has 0 saturated carbocycles. The van der Waals surface area contributed by atoms with Crippen molar-refractivity contribution in [3.05, 3.63) is 82.9 Å². The predicted octanol–water partition coefficient (Wildman–Crippen LogP) is 2.77. The highest BCUT2D eigenvalue weighted by molar-refractivity contribution is 5.91. The highest BCUT2D eigenvalue weighted by atomic mass is 16.5. The monoisotopic (exact) mass is 346 g/mol. The third-order valence-electron chi connectivity index (χ3n) is 3.37. The Balaban J connectivity index is 1.83. The van der Waals surface area contributed by atoms with E-state index in [1.807, 2.05) is 12.1 Å². The lowest BCUT2D eigenvalue weighted by Crippen LogP contribution is -2.06. The number of carbonyl (C=O) groups is 2. The number of esters is 2. The minimum Gasteiger partial charge on any atom is -0.458 e. The summed E-state index contributed by atoms with van der Waals surface area (Å²) in [6.07, 6.45) is 1.90. The number of ether oxygens (including phenoxy) is 2. The van der Waals surface area contributed by atoms with Crippen molar-refractivity contribution in [2.45, 2.75) is 13.2 Å². The number of hydrogen-bond acceptors (Lipinski definition) is 6. The zero-order valence-corrected chi connectivity index (χ0v) is 13.7. The summed E-state index contributed by atoms with van der Waals surface area (Å²) in [6.45, 7) is -0.144. The van der Waals surface area contributed by atoms with Gasteiger partial charge in [0.25, 0.3) is 0 Å². The molecule has 0 aromatic heterocycles. The maximum Gasteiger partial charge on any atom is 0.331 e. The van der Waals surface area contributed by atoms with Crippen molar-refractivity contribution in [3.8, 4) is 12.1 Å². The van der Waals surface area contributed by atoms with E-state index in [4.69, 9.17) is 20.0 Å². The van der Waals surface area contributed by atoms with Gasteiger partial charge in [-0.05, 0) is 12.1 Å². The molecule has 0 fully saturated rings. The fourth-order valence-electron chi connectivity index (χ4n) is 2.04. The van der Waals surface area contributed by atoms with Crippen LogP contribution in [0.2, 0.25) is 0 Å². The van der Waals surface area contributed by atoms with E-state index in [-0.39, 0.29) is 13.2 Å². The number of rotatable bonds is 6. The summed E-state index contributed by atoms with van der Waals surface area (Å²) in [5.74, 6) is -1.46. The van der Waals surface area contributed by atoms with Gasteiger partial charge in [0.05, 0.1) is 23.3 Å². The summed E-state index contributed by atoms with van der Waals surface area (Å²) in [6, 6.07) is 17.5. The molecule has 0 amide bonds. The van der Waals surface area contributed by atoms with Crippen LogP contribution in [0, 0.1) is 22.7 Å².